The smallest absolute Gasteiger partial charge is 0.238 e. The molecule has 2 saturated heterocycles. The number of imide groups is 2. The lowest BCUT2D eigenvalue weighted by Gasteiger charge is -2.43. The van der Waals surface area contributed by atoms with Crippen LogP contribution in [0, 0.1) is 43.4 Å². The third-order valence-corrected chi connectivity index (χ3v) is 10.4. The standard InChI is InChI=1S/C33H28Cl2N2O6/c1-15-3-5-17(11-24(15)34)36-30(39)21-9-8-20-22(27(21)32(36)41)13-23-29(28(20)26-10-7-19(14-38)43-26)33(42)37(31(23)40)18-6-4-16(2)25(35)12-18/h3-8,10-12,21-23,27-29,38H,9,13-14H2,1-2H3. The molecule has 1 saturated carbocycles. The van der Waals surface area contributed by atoms with Crippen molar-refractivity contribution in [1.29, 1.82) is 0 Å². The molecule has 7 rings (SSSR count). The molecule has 2 aromatic carbocycles. The molecule has 4 aliphatic rings. The molecule has 10 heteroatoms. The fourth-order valence-electron chi connectivity index (χ4n) is 7.50. The Morgan fingerprint density at radius 3 is 1.91 bits per heavy atom. The van der Waals surface area contributed by atoms with Gasteiger partial charge in [-0.2, -0.15) is 0 Å². The largest absolute Gasteiger partial charge is 0.463 e. The molecule has 2 aliphatic carbocycles. The summed E-state index contributed by atoms with van der Waals surface area (Å²) in [6.45, 7) is 3.36. The third-order valence-electron chi connectivity index (χ3n) is 9.62. The number of fused-ring (bicyclic) bond motifs is 4. The van der Waals surface area contributed by atoms with Crippen molar-refractivity contribution in [2.45, 2.75) is 39.2 Å². The topological polar surface area (TPSA) is 108 Å². The number of aliphatic hydroxyl groups excluding tert-OH is 1. The van der Waals surface area contributed by atoms with E-state index in [4.69, 9.17) is 27.6 Å². The number of hydrogen-bond donors (Lipinski definition) is 1. The second-order valence-corrected chi connectivity index (χ2v) is 12.7. The number of benzene rings is 2. The summed E-state index contributed by atoms with van der Waals surface area (Å²) < 4.78 is 5.99. The molecule has 0 radical (unpaired) electrons. The van der Waals surface area contributed by atoms with Gasteiger partial charge in [-0.25, -0.2) is 9.80 Å². The van der Waals surface area contributed by atoms with Gasteiger partial charge in [-0.05, 0) is 80.1 Å². The maximum atomic E-state index is 14.1. The van der Waals surface area contributed by atoms with Crippen molar-refractivity contribution in [3.05, 3.63) is 92.9 Å². The molecule has 220 valence electrons. The van der Waals surface area contributed by atoms with Crippen molar-refractivity contribution in [2.75, 3.05) is 9.80 Å². The molecular formula is C33H28Cl2N2O6. The lowest BCUT2D eigenvalue weighted by molar-refractivity contribution is -0.126. The zero-order valence-electron chi connectivity index (χ0n) is 23.4. The van der Waals surface area contributed by atoms with Gasteiger partial charge < -0.3 is 9.52 Å². The number of furan rings is 1. The Labute approximate surface area is 257 Å². The molecule has 8 nitrogen and oxygen atoms in total. The Kier molecular flexibility index (Phi) is 6.65. The Bertz CT molecular complexity index is 1760. The highest BCUT2D eigenvalue weighted by Gasteiger charge is 2.62. The molecule has 1 N–H and O–H groups in total. The van der Waals surface area contributed by atoms with Crippen LogP contribution < -0.4 is 9.80 Å². The fraction of sp³-hybridized carbons (Fsp3) is 0.333. The summed E-state index contributed by atoms with van der Waals surface area (Å²) in [5.41, 5.74) is 3.27. The number of rotatable bonds is 4. The summed E-state index contributed by atoms with van der Waals surface area (Å²) in [4.78, 5) is 58.4. The summed E-state index contributed by atoms with van der Waals surface area (Å²) in [6.07, 6.45) is 2.51. The predicted octanol–water partition coefficient (Wildman–Crippen LogP) is 5.74. The van der Waals surface area contributed by atoms with Gasteiger partial charge >= 0.3 is 0 Å². The van der Waals surface area contributed by atoms with Crippen LogP contribution in [0.1, 0.15) is 41.4 Å². The number of allylic oxidation sites excluding steroid dienone is 2. The summed E-state index contributed by atoms with van der Waals surface area (Å²) in [5.74, 6) is -4.51. The van der Waals surface area contributed by atoms with Gasteiger partial charge in [0.2, 0.25) is 23.6 Å². The van der Waals surface area contributed by atoms with Crippen molar-refractivity contribution in [1.82, 2.24) is 0 Å². The Balaban J connectivity index is 1.32. The normalized spacial score (nSPS) is 28.3. The SMILES string of the molecule is Cc1ccc(N2C(=O)C3CC=C4C(CC5C(=O)N(c6ccc(C)c(Cl)c6)C(=O)C5C4c4ccc(CO)o4)C3C2=O)cc1Cl. The minimum absolute atomic E-state index is 0.240. The van der Waals surface area contributed by atoms with Crippen LogP contribution in [0.4, 0.5) is 11.4 Å². The van der Waals surface area contributed by atoms with E-state index in [0.717, 1.165) is 16.7 Å². The van der Waals surface area contributed by atoms with E-state index in [2.05, 4.69) is 0 Å². The van der Waals surface area contributed by atoms with Crippen LogP contribution >= 0.6 is 23.2 Å². The number of aryl methyl sites for hydroxylation is 2. The van der Waals surface area contributed by atoms with Crippen LogP contribution in [-0.4, -0.2) is 28.7 Å². The van der Waals surface area contributed by atoms with Crippen molar-refractivity contribution >= 4 is 58.2 Å². The van der Waals surface area contributed by atoms with Crippen LogP contribution in [0.3, 0.4) is 0 Å². The number of hydrogen-bond acceptors (Lipinski definition) is 6. The number of amides is 4. The highest BCUT2D eigenvalue weighted by molar-refractivity contribution is 6.33. The minimum Gasteiger partial charge on any atom is -0.463 e. The summed E-state index contributed by atoms with van der Waals surface area (Å²) in [5, 5.41) is 10.6. The van der Waals surface area contributed by atoms with Gasteiger partial charge in [0.25, 0.3) is 0 Å². The van der Waals surface area contributed by atoms with Gasteiger partial charge in [0.05, 0.1) is 41.0 Å². The molecule has 3 aromatic rings. The van der Waals surface area contributed by atoms with Crippen molar-refractivity contribution < 1.29 is 28.7 Å². The molecule has 2 aliphatic heterocycles. The molecule has 4 amide bonds. The van der Waals surface area contributed by atoms with E-state index >= 15 is 0 Å². The van der Waals surface area contributed by atoms with E-state index in [0.29, 0.717) is 39.4 Å². The average Bonchev–Trinajstić information content (AvgIpc) is 3.64. The lowest BCUT2D eigenvalue weighted by atomic mass is 9.58. The highest BCUT2D eigenvalue weighted by Crippen LogP contribution is 2.58. The number of carbonyl (C=O) groups excluding carboxylic acids is 4. The number of carbonyl (C=O) groups is 4. The fourth-order valence-corrected chi connectivity index (χ4v) is 7.85. The summed E-state index contributed by atoms with van der Waals surface area (Å²) >= 11 is 12.7. The third kappa shape index (κ3) is 4.14. The second-order valence-electron chi connectivity index (χ2n) is 11.9. The van der Waals surface area contributed by atoms with E-state index in [1.807, 2.05) is 19.9 Å². The van der Waals surface area contributed by atoms with Gasteiger partial charge in [-0.15, -0.1) is 0 Å². The Hall–Kier alpha value is -3.72. The first-order valence-corrected chi connectivity index (χ1v) is 15.0. The minimum atomic E-state index is -0.775. The molecule has 3 fully saturated rings. The van der Waals surface area contributed by atoms with Gasteiger partial charge in [0.15, 0.2) is 0 Å². The summed E-state index contributed by atoms with van der Waals surface area (Å²) in [7, 11) is 0. The Morgan fingerprint density at radius 2 is 1.35 bits per heavy atom. The van der Waals surface area contributed by atoms with E-state index < -0.39 is 35.5 Å². The van der Waals surface area contributed by atoms with E-state index in [1.54, 1.807) is 48.5 Å². The zero-order valence-corrected chi connectivity index (χ0v) is 24.9. The monoisotopic (exact) mass is 618 g/mol. The molecule has 6 atom stereocenters. The number of halogens is 2. The Morgan fingerprint density at radius 1 is 0.767 bits per heavy atom. The maximum Gasteiger partial charge on any atom is 0.238 e. The first-order valence-electron chi connectivity index (χ1n) is 14.3. The molecule has 0 bridgehead atoms. The number of nitrogens with zero attached hydrogens (tertiary/aromatic N) is 2. The zero-order chi connectivity index (χ0) is 30.3. The summed E-state index contributed by atoms with van der Waals surface area (Å²) in [6, 6.07) is 13.6. The second kappa shape index (κ2) is 10.2. The van der Waals surface area contributed by atoms with Crippen molar-refractivity contribution in [3.63, 3.8) is 0 Å². The van der Waals surface area contributed by atoms with Gasteiger partial charge in [-0.1, -0.05) is 47.0 Å². The van der Waals surface area contributed by atoms with Crippen molar-refractivity contribution in [3.8, 4) is 0 Å². The molecule has 3 heterocycles. The highest BCUT2D eigenvalue weighted by atomic mass is 35.5. The van der Waals surface area contributed by atoms with Gasteiger partial charge in [0, 0.05) is 10.0 Å². The van der Waals surface area contributed by atoms with Crippen LogP contribution in [0.25, 0.3) is 0 Å². The molecule has 0 spiro atoms. The average molecular weight is 620 g/mol. The number of anilines is 2. The number of aliphatic hydroxyl groups is 1. The van der Waals surface area contributed by atoms with Crippen LogP contribution in [0.5, 0.6) is 0 Å². The molecule has 6 unspecified atom stereocenters. The van der Waals surface area contributed by atoms with Gasteiger partial charge in [0.1, 0.15) is 18.1 Å². The predicted molar refractivity (Wildman–Crippen MR) is 160 cm³/mol. The molecule has 1 aromatic heterocycles. The quantitative estimate of drug-likeness (QED) is 0.295. The first kappa shape index (κ1) is 28.1. The van der Waals surface area contributed by atoms with E-state index in [1.165, 1.54) is 9.80 Å². The molecular weight excluding hydrogens is 591 g/mol. The van der Waals surface area contributed by atoms with Crippen molar-refractivity contribution in [2.24, 2.45) is 29.6 Å². The van der Waals surface area contributed by atoms with Crippen LogP contribution in [-0.2, 0) is 25.8 Å². The first-order chi connectivity index (χ1) is 20.6. The van der Waals surface area contributed by atoms with Gasteiger partial charge in [-0.3, -0.25) is 19.2 Å². The van der Waals surface area contributed by atoms with Crippen LogP contribution in [0.15, 0.2) is 64.6 Å². The van der Waals surface area contributed by atoms with Crippen LogP contribution in [0.2, 0.25) is 10.0 Å². The lowest BCUT2D eigenvalue weighted by Crippen LogP contribution is -2.43. The van der Waals surface area contributed by atoms with E-state index in [9.17, 15) is 24.3 Å². The molecule has 43 heavy (non-hydrogen) atoms. The van der Waals surface area contributed by atoms with E-state index in [-0.39, 0.29) is 36.7 Å². The maximum absolute atomic E-state index is 14.1.